The van der Waals surface area contributed by atoms with Crippen LogP contribution in [0, 0.1) is 19.8 Å². The Morgan fingerprint density at radius 2 is 2.05 bits per heavy atom. The van der Waals surface area contributed by atoms with E-state index in [1.807, 2.05) is 6.92 Å². The number of guanidine groups is 1. The molecule has 0 aliphatic rings. The molecule has 1 aromatic heterocycles. The van der Waals surface area contributed by atoms with Gasteiger partial charge in [-0.2, -0.15) is 5.10 Å². The Bertz CT molecular complexity index is 426. The van der Waals surface area contributed by atoms with E-state index in [0.717, 1.165) is 44.3 Å². The maximum absolute atomic E-state index is 4.55. The van der Waals surface area contributed by atoms with Gasteiger partial charge in [-0.3, -0.25) is 9.67 Å². The summed E-state index contributed by atoms with van der Waals surface area (Å²) in [5.41, 5.74) is 2.31. The number of aliphatic imine (C=N–C) groups is 1. The van der Waals surface area contributed by atoms with Gasteiger partial charge in [-0.25, -0.2) is 0 Å². The zero-order valence-electron chi connectivity index (χ0n) is 13.9. The highest BCUT2D eigenvalue weighted by Gasteiger charge is 2.01. The Labute approximate surface area is 146 Å². The van der Waals surface area contributed by atoms with Crippen LogP contribution >= 0.6 is 24.0 Å². The number of hydrogen-bond donors (Lipinski definition) is 2. The molecule has 0 fully saturated rings. The minimum absolute atomic E-state index is 0. The average Bonchev–Trinajstić information content (AvgIpc) is 2.70. The molecule has 0 saturated carbocycles. The fourth-order valence-corrected chi connectivity index (χ4v) is 1.95. The van der Waals surface area contributed by atoms with Gasteiger partial charge in [0.2, 0.25) is 0 Å². The molecule has 0 atom stereocenters. The maximum atomic E-state index is 4.55. The zero-order valence-corrected chi connectivity index (χ0v) is 16.3. The molecule has 21 heavy (non-hydrogen) atoms. The molecular weight excluding hydrogens is 377 g/mol. The van der Waals surface area contributed by atoms with Gasteiger partial charge in [0, 0.05) is 31.9 Å². The van der Waals surface area contributed by atoms with E-state index in [1.165, 1.54) is 5.69 Å². The van der Waals surface area contributed by atoms with Crippen molar-refractivity contribution in [3.05, 3.63) is 17.5 Å². The molecule has 0 aliphatic carbocycles. The van der Waals surface area contributed by atoms with Gasteiger partial charge in [0.1, 0.15) is 0 Å². The van der Waals surface area contributed by atoms with Crippen molar-refractivity contribution in [1.82, 2.24) is 20.4 Å². The number of rotatable bonds is 7. The highest BCUT2D eigenvalue weighted by molar-refractivity contribution is 14.0. The molecule has 0 aliphatic heterocycles. The molecule has 1 aromatic rings. The molecule has 0 aromatic carbocycles. The molecule has 0 spiro atoms. The van der Waals surface area contributed by atoms with Crippen LogP contribution in [-0.4, -0.2) is 35.4 Å². The molecule has 0 unspecified atom stereocenters. The van der Waals surface area contributed by atoms with Crippen molar-refractivity contribution in [1.29, 1.82) is 0 Å². The van der Waals surface area contributed by atoms with Crippen LogP contribution < -0.4 is 10.6 Å². The fourth-order valence-electron chi connectivity index (χ4n) is 1.95. The molecule has 1 heterocycles. The summed E-state index contributed by atoms with van der Waals surface area (Å²) in [5.74, 6) is 1.50. The molecule has 6 heteroatoms. The monoisotopic (exact) mass is 407 g/mol. The van der Waals surface area contributed by atoms with E-state index in [1.54, 1.807) is 0 Å². The van der Waals surface area contributed by atoms with Crippen LogP contribution in [0.1, 0.15) is 38.6 Å². The lowest BCUT2D eigenvalue weighted by Gasteiger charge is -2.12. The zero-order chi connectivity index (χ0) is 15.0. The van der Waals surface area contributed by atoms with Crippen LogP contribution in [0.3, 0.4) is 0 Å². The van der Waals surface area contributed by atoms with Gasteiger partial charge in [0.15, 0.2) is 5.96 Å². The van der Waals surface area contributed by atoms with Gasteiger partial charge in [0.05, 0.1) is 5.69 Å². The van der Waals surface area contributed by atoms with Gasteiger partial charge in [0.25, 0.3) is 0 Å². The van der Waals surface area contributed by atoms with Crippen molar-refractivity contribution in [2.24, 2.45) is 10.9 Å². The molecule has 0 amide bonds. The quantitative estimate of drug-likeness (QED) is 0.316. The van der Waals surface area contributed by atoms with E-state index in [9.17, 15) is 0 Å². The molecule has 1 rings (SSSR count). The van der Waals surface area contributed by atoms with E-state index < -0.39 is 0 Å². The summed E-state index contributed by atoms with van der Waals surface area (Å²) in [5, 5.41) is 11.1. The minimum Gasteiger partial charge on any atom is -0.357 e. The van der Waals surface area contributed by atoms with E-state index in [4.69, 9.17) is 0 Å². The van der Waals surface area contributed by atoms with E-state index in [2.05, 4.69) is 59.2 Å². The molecule has 122 valence electrons. The van der Waals surface area contributed by atoms with Crippen molar-refractivity contribution in [2.45, 2.75) is 47.6 Å². The number of nitrogens with zero attached hydrogens (tertiary/aromatic N) is 3. The van der Waals surface area contributed by atoms with Crippen molar-refractivity contribution in [2.75, 3.05) is 19.6 Å². The van der Waals surface area contributed by atoms with Crippen LogP contribution in [0.2, 0.25) is 0 Å². The molecular formula is C15H30IN5. The van der Waals surface area contributed by atoms with E-state index in [0.29, 0.717) is 5.92 Å². The number of hydrogen-bond acceptors (Lipinski definition) is 2. The van der Waals surface area contributed by atoms with Crippen molar-refractivity contribution in [3.8, 4) is 0 Å². The average molecular weight is 407 g/mol. The molecule has 0 radical (unpaired) electrons. The standard InChI is InChI=1S/C15H29N5.HI/c1-6-16-15(18-11-12(2)3)17-8-7-9-20-14(5)10-13(4)19-20;/h10,12H,6-9,11H2,1-5H3,(H2,16,17,18);1H. The van der Waals surface area contributed by atoms with Crippen molar-refractivity contribution < 1.29 is 0 Å². The number of halogens is 1. The normalized spacial score (nSPS) is 11.4. The van der Waals surface area contributed by atoms with Crippen LogP contribution in [0.25, 0.3) is 0 Å². The molecule has 5 nitrogen and oxygen atoms in total. The minimum atomic E-state index is 0. The van der Waals surface area contributed by atoms with Crippen LogP contribution in [0.5, 0.6) is 0 Å². The third-order valence-corrected chi connectivity index (χ3v) is 2.90. The summed E-state index contributed by atoms with van der Waals surface area (Å²) < 4.78 is 2.06. The van der Waals surface area contributed by atoms with E-state index >= 15 is 0 Å². The Morgan fingerprint density at radius 1 is 1.33 bits per heavy atom. The first kappa shape index (κ1) is 20.2. The third-order valence-electron chi connectivity index (χ3n) is 2.90. The summed E-state index contributed by atoms with van der Waals surface area (Å²) in [6, 6.07) is 2.11. The maximum Gasteiger partial charge on any atom is 0.191 e. The van der Waals surface area contributed by atoms with Crippen LogP contribution in [0.4, 0.5) is 0 Å². The lowest BCUT2D eigenvalue weighted by molar-refractivity contribution is 0.554. The van der Waals surface area contributed by atoms with Crippen LogP contribution in [-0.2, 0) is 6.54 Å². The second-order valence-corrected chi connectivity index (χ2v) is 5.54. The van der Waals surface area contributed by atoms with Gasteiger partial charge >= 0.3 is 0 Å². The summed E-state index contributed by atoms with van der Waals surface area (Å²) in [4.78, 5) is 4.55. The number of nitrogens with one attached hydrogen (secondary N) is 2. The second-order valence-electron chi connectivity index (χ2n) is 5.54. The Morgan fingerprint density at radius 3 is 2.57 bits per heavy atom. The van der Waals surface area contributed by atoms with E-state index in [-0.39, 0.29) is 24.0 Å². The van der Waals surface area contributed by atoms with Crippen LogP contribution in [0.15, 0.2) is 11.1 Å². The highest BCUT2D eigenvalue weighted by atomic mass is 127. The Kier molecular flexibility index (Phi) is 10.5. The predicted octanol–water partition coefficient (Wildman–Crippen LogP) is 2.72. The summed E-state index contributed by atoms with van der Waals surface area (Å²) in [7, 11) is 0. The topological polar surface area (TPSA) is 54.2 Å². The Hall–Kier alpha value is -0.790. The fraction of sp³-hybridized carbons (Fsp3) is 0.733. The Balaban J connectivity index is 0.00000400. The SMILES string of the molecule is CCNC(=NCC(C)C)NCCCn1nc(C)cc1C.I. The van der Waals surface area contributed by atoms with Crippen molar-refractivity contribution in [3.63, 3.8) is 0 Å². The first-order valence-electron chi connectivity index (χ1n) is 7.56. The smallest absolute Gasteiger partial charge is 0.191 e. The van der Waals surface area contributed by atoms with Crippen molar-refractivity contribution >= 4 is 29.9 Å². The molecule has 2 N–H and O–H groups in total. The lowest BCUT2D eigenvalue weighted by Crippen LogP contribution is -2.38. The first-order chi connectivity index (χ1) is 9.52. The first-order valence-corrected chi connectivity index (χ1v) is 7.56. The van der Waals surface area contributed by atoms with Gasteiger partial charge in [-0.05, 0) is 39.2 Å². The highest BCUT2D eigenvalue weighted by Crippen LogP contribution is 2.02. The molecule has 0 saturated heterocycles. The summed E-state index contributed by atoms with van der Waals surface area (Å²) in [6.07, 6.45) is 1.04. The molecule has 0 bridgehead atoms. The lowest BCUT2D eigenvalue weighted by atomic mass is 10.2. The van der Waals surface area contributed by atoms with Gasteiger partial charge in [-0.15, -0.1) is 24.0 Å². The largest absolute Gasteiger partial charge is 0.357 e. The van der Waals surface area contributed by atoms with Gasteiger partial charge < -0.3 is 10.6 Å². The second kappa shape index (κ2) is 10.9. The predicted molar refractivity (Wildman–Crippen MR) is 101 cm³/mol. The summed E-state index contributed by atoms with van der Waals surface area (Å²) >= 11 is 0. The number of aromatic nitrogens is 2. The number of aryl methyl sites for hydroxylation is 3. The summed E-state index contributed by atoms with van der Waals surface area (Å²) in [6.45, 7) is 14.2. The third kappa shape index (κ3) is 8.28. The van der Waals surface area contributed by atoms with Gasteiger partial charge in [-0.1, -0.05) is 13.8 Å².